The summed E-state index contributed by atoms with van der Waals surface area (Å²) in [7, 11) is 0. The summed E-state index contributed by atoms with van der Waals surface area (Å²) in [5.74, 6) is -1.55. The number of nitrogens with one attached hydrogen (secondary N) is 2. The highest BCUT2D eigenvalue weighted by Gasteiger charge is 2.19. The Morgan fingerprint density at radius 3 is 1.78 bits per heavy atom. The summed E-state index contributed by atoms with van der Waals surface area (Å²) in [6.45, 7) is 6.82. The minimum atomic E-state index is -0.943. The number of hydrogen-bond acceptors (Lipinski definition) is 4. The van der Waals surface area contributed by atoms with Crippen molar-refractivity contribution in [2.24, 2.45) is 5.92 Å². The molecule has 0 aromatic carbocycles. The fourth-order valence-electron chi connectivity index (χ4n) is 3.51. The molecule has 2 saturated carbocycles. The van der Waals surface area contributed by atoms with Crippen LogP contribution in [0, 0.1) is 5.92 Å². The molecule has 0 aromatic heterocycles. The van der Waals surface area contributed by atoms with E-state index < -0.39 is 23.6 Å². The molecule has 6 nitrogen and oxygen atoms in total. The van der Waals surface area contributed by atoms with Gasteiger partial charge in [-0.3, -0.25) is 4.79 Å². The molecular weight excluding hydrogens is 344 g/mol. The van der Waals surface area contributed by atoms with Crippen LogP contribution in [-0.4, -0.2) is 41.4 Å². The molecule has 0 unspecified atom stereocenters. The normalized spacial score (nSPS) is 20.1. The molecule has 2 aliphatic rings. The predicted octanol–water partition coefficient (Wildman–Crippen LogP) is 4.47. The average Bonchev–Trinajstić information content (AvgIpc) is 2.60. The lowest BCUT2D eigenvalue weighted by atomic mass is 9.91. The second-order valence-corrected chi connectivity index (χ2v) is 8.96. The molecule has 27 heavy (non-hydrogen) atoms. The summed E-state index contributed by atoms with van der Waals surface area (Å²) in [5, 5.41) is 14.8. The molecule has 0 bridgehead atoms. The Balaban J connectivity index is 0.000000270. The van der Waals surface area contributed by atoms with E-state index in [2.05, 4.69) is 10.6 Å². The molecule has 0 saturated heterocycles. The average molecular weight is 385 g/mol. The Bertz CT molecular complexity index is 420. The van der Waals surface area contributed by atoms with Crippen molar-refractivity contribution in [2.75, 3.05) is 6.54 Å². The van der Waals surface area contributed by atoms with Gasteiger partial charge in [-0.1, -0.05) is 45.4 Å². The van der Waals surface area contributed by atoms with Gasteiger partial charge in [-0.2, -0.15) is 0 Å². The van der Waals surface area contributed by atoms with Gasteiger partial charge in [-0.05, 0) is 46.5 Å². The van der Waals surface area contributed by atoms with Crippen molar-refractivity contribution in [3.05, 3.63) is 0 Å². The van der Waals surface area contributed by atoms with E-state index >= 15 is 0 Å². The van der Waals surface area contributed by atoms with Crippen LogP contribution in [0.4, 0.5) is 4.79 Å². The summed E-state index contributed by atoms with van der Waals surface area (Å²) < 4.78 is 4.92. The van der Waals surface area contributed by atoms with Crippen molar-refractivity contribution < 1.29 is 19.4 Å². The zero-order valence-corrected chi connectivity index (χ0v) is 17.7. The number of alkyl carbamates (subject to hydrolysis) is 1. The second kappa shape index (κ2) is 12.2. The lowest BCUT2D eigenvalue weighted by molar-refractivity contribution is -0.140. The molecule has 0 aromatic rings. The summed E-state index contributed by atoms with van der Waals surface area (Å²) in [4.78, 5) is 21.5. The number of hydrogen-bond donors (Lipinski definition) is 3. The maximum absolute atomic E-state index is 11.1. The zero-order chi connectivity index (χ0) is 20.3. The molecule has 6 heteroatoms. The largest absolute Gasteiger partial charge is 0.481 e. The zero-order valence-electron chi connectivity index (χ0n) is 17.7. The van der Waals surface area contributed by atoms with E-state index in [1.165, 1.54) is 71.1 Å². The third-order valence-corrected chi connectivity index (χ3v) is 5.05. The van der Waals surface area contributed by atoms with Crippen molar-refractivity contribution >= 4 is 12.1 Å². The van der Waals surface area contributed by atoms with Gasteiger partial charge in [0.1, 0.15) is 5.60 Å². The van der Waals surface area contributed by atoms with E-state index in [9.17, 15) is 9.59 Å². The number of carbonyl (C=O) groups excluding carboxylic acids is 1. The van der Waals surface area contributed by atoms with Gasteiger partial charge in [0.05, 0.1) is 5.92 Å². The topological polar surface area (TPSA) is 87.7 Å². The third kappa shape index (κ3) is 11.9. The number of rotatable bonds is 5. The van der Waals surface area contributed by atoms with Crippen LogP contribution in [-0.2, 0) is 9.53 Å². The fraction of sp³-hybridized carbons (Fsp3) is 0.905. The smallest absolute Gasteiger partial charge is 0.407 e. The van der Waals surface area contributed by atoms with Crippen LogP contribution in [0.15, 0.2) is 0 Å². The van der Waals surface area contributed by atoms with Crippen LogP contribution in [0.25, 0.3) is 0 Å². The van der Waals surface area contributed by atoms with E-state index in [0.29, 0.717) is 0 Å². The molecular formula is C21H40N2O4. The second-order valence-electron chi connectivity index (χ2n) is 8.96. The quantitative estimate of drug-likeness (QED) is 0.651. The molecule has 2 rings (SSSR count). The van der Waals surface area contributed by atoms with Gasteiger partial charge >= 0.3 is 12.1 Å². The van der Waals surface area contributed by atoms with Gasteiger partial charge < -0.3 is 20.5 Å². The molecule has 0 aliphatic heterocycles. The first-order valence-corrected chi connectivity index (χ1v) is 10.6. The van der Waals surface area contributed by atoms with E-state index in [1.807, 2.05) is 0 Å². The number of ether oxygens (including phenoxy) is 1. The molecule has 158 valence electrons. The van der Waals surface area contributed by atoms with E-state index in [-0.39, 0.29) is 6.54 Å². The summed E-state index contributed by atoms with van der Waals surface area (Å²) in [6.07, 6.45) is 14.0. The van der Waals surface area contributed by atoms with Gasteiger partial charge in [-0.25, -0.2) is 4.79 Å². The lowest BCUT2D eigenvalue weighted by Crippen LogP contribution is -2.40. The SMILES string of the molecule is C1CCC(NC2CCCCC2)CC1.C[C@@H](CNC(=O)OC(C)(C)C)C(=O)O. The Morgan fingerprint density at radius 1 is 0.963 bits per heavy atom. The van der Waals surface area contributed by atoms with Gasteiger partial charge in [-0.15, -0.1) is 0 Å². The van der Waals surface area contributed by atoms with Crippen molar-refractivity contribution in [1.29, 1.82) is 0 Å². The first-order chi connectivity index (χ1) is 12.7. The lowest BCUT2D eigenvalue weighted by Gasteiger charge is -2.30. The minimum Gasteiger partial charge on any atom is -0.481 e. The third-order valence-electron chi connectivity index (χ3n) is 5.05. The number of carboxylic acid groups (broad SMARTS) is 1. The number of carboxylic acids is 1. The van der Waals surface area contributed by atoms with E-state index in [4.69, 9.17) is 9.84 Å². The van der Waals surface area contributed by atoms with Crippen LogP contribution in [0.2, 0.25) is 0 Å². The Labute approximate surface area is 164 Å². The van der Waals surface area contributed by atoms with Gasteiger partial charge in [0.25, 0.3) is 0 Å². The Morgan fingerprint density at radius 2 is 1.41 bits per heavy atom. The number of amides is 1. The van der Waals surface area contributed by atoms with E-state index in [1.54, 1.807) is 20.8 Å². The molecule has 0 spiro atoms. The Kier molecular flexibility index (Phi) is 10.7. The number of aliphatic carboxylic acids is 1. The first-order valence-electron chi connectivity index (χ1n) is 10.6. The monoisotopic (exact) mass is 384 g/mol. The van der Waals surface area contributed by atoms with Gasteiger partial charge in [0, 0.05) is 18.6 Å². The van der Waals surface area contributed by atoms with Crippen LogP contribution in [0.1, 0.15) is 91.9 Å². The predicted molar refractivity (Wildman–Crippen MR) is 108 cm³/mol. The summed E-state index contributed by atoms with van der Waals surface area (Å²) in [5.41, 5.74) is -0.559. The standard InChI is InChI=1S/C12H23N.C9H17NO4/c1-3-7-11(8-4-1)13-12-9-5-2-6-10-12;1-6(7(11)12)5-10-8(13)14-9(2,3)4/h11-13H,1-10H2;6H,5H2,1-4H3,(H,10,13)(H,11,12)/t;6-/m.0/s1. The molecule has 0 heterocycles. The molecule has 0 radical (unpaired) electrons. The molecule has 1 amide bonds. The fourth-order valence-corrected chi connectivity index (χ4v) is 3.51. The highest BCUT2D eigenvalue weighted by molar-refractivity contribution is 5.72. The van der Waals surface area contributed by atoms with Crippen LogP contribution in [0.3, 0.4) is 0 Å². The van der Waals surface area contributed by atoms with Crippen molar-refractivity contribution in [2.45, 2.75) is 110 Å². The van der Waals surface area contributed by atoms with Gasteiger partial charge in [0.15, 0.2) is 0 Å². The molecule has 1 atom stereocenters. The highest BCUT2D eigenvalue weighted by Crippen LogP contribution is 2.22. The maximum atomic E-state index is 11.1. The van der Waals surface area contributed by atoms with Crippen LogP contribution < -0.4 is 10.6 Å². The summed E-state index contributed by atoms with van der Waals surface area (Å²) >= 11 is 0. The Hall–Kier alpha value is -1.30. The van der Waals surface area contributed by atoms with Gasteiger partial charge in [0.2, 0.25) is 0 Å². The van der Waals surface area contributed by atoms with Crippen molar-refractivity contribution in [1.82, 2.24) is 10.6 Å². The maximum Gasteiger partial charge on any atom is 0.407 e. The van der Waals surface area contributed by atoms with Crippen LogP contribution in [0.5, 0.6) is 0 Å². The van der Waals surface area contributed by atoms with Crippen molar-refractivity contribution in [3.8, 4) is 0 Å². The van der Waals surface area contributed by atoms with E-state index in [0.717, 1.165) is 12.1 Å². The number of carbonyl (C=O) groups is 2. The van der Waals surface area contributed by atoms with Crippen molar-refractivity contribution in [3.63, 3.8) is 0 Å². The summed E-state index contributed by atoms with van der Waals surface area (Å²) in [6, 6.07) is 1.74. The molecule has 2 aliphatic carbocycles. The minimum absolute atomic E-state index is 0.0737. The highest BCUT2D eigenvalue weighted by atomic mass is 16.6. The van der Waals surface area contributed by atoms with Crippen LogP contribution >= 0.6 is 0 Å². The molecule has 2 fully saturated rings. The molecule has 3 N–H and O–H groups in total. The first kappa shape index (κ1) is 23.7.